The fourth-order valence-corrected chi connectivity index (χ4v) is 2.58. The van der Waals surface area contributed by atoms with Gasteiger partial charge in [0.1, 0.15) is 6.61 Å². The predicted molar refractivity (Wildman–Crippen MR) is 106 cm³/mol. The summed E-state index contributed by atoms with van der Waals surface area (Å²) in [5.74, 6) is -0.333. The van der Waals surface area contributed by atoms with E-state index < -0.39 is 0 Å². The average Bonchev–Trinajstić information content (AvgIpc) is 2.61. The number of nitrogens with zero attached hydrogens (tertiary/aromatic N) is 2. The van der Waals surface area contributed by atoms with Crippen molar-refractivity contribution in [2.75, 3.05) is 13.6 Å². The van der Waals surface area contributed by atoms with Crippen LogP contribution in [-0.4, -0.2) is 30.8 Å². The van der Waals surface area contributed by atoms with Crippen LogP contribution >= 0.6 is 15.9 Å². The van der Waals surface area contributed by atoms with Crippen LogP contribution in [-0.2, 0) is 11.3 Å². The lowest BCUT2D eigenvalue weighted by molar-refractivity contribution is 0.0472. The number of ether oxygens (including phenoxy) is 1. The molecule has 0 aliphatic carbocycles. The summed E-state index contributed by atoms with van der Waals surface area (Å²) in [6, 6.07) is 11.6. The van der Waals surface area contributed by atoms with Crippen LogP contribution in [0.25, 0.3) is 0 Å². The number of aliphatic imine (C=N–C) groups is 1. The minimum absolute atomic E-state index is 0.261. The highest BCUT2D eigenvalue weighted by Gasteiger charge is 2.14. The Labute approximate surface area is 157 Å². The predicted octanol–water partition coefficient (Wildman–Crippen LogP) is 5.03. The lowest BCUT2D eigenvalue weighted by atomic mass is 10.1. The Kier molecular flexibility index (Phi) is 6.76. The van der Waals surface area contributed by atoms with Gasteiger partial charge in [0.15, 0.2) is 0 Å². The van der Waals surface area contributed by atoms with Crippen LogP contribution in [0.5, 0.6) is 0 Å². The van der Waals surface area contributed by atoms with Crippen LogP contribution in [0.1, 0.15) is 34.0 Å². The molecule has 0 heterocycles. The van der Waals surface area contributed by atoms with Gasteiger partial charge in [0.05, 0.1) is 17.6 Å². The van der Waals surface area contributed by atoms with Gasteiger partial charge in [-0.05, 0) is 60.0 Å². The molecule has 2 aromatic rings. The maximum Gasteiger partial charge on any atom is 0.338 e. The molecule has 0 aromatic heterocycles. The Balaban J connectivity index is 2.10. The van der Waals surface area contributed by atoms with E-state index in [2.05, 4.69) is 27.8 Å². The molecule has 2 aromatic carbocycles. The van der Waals surface area contributed by atoms with Gasteiger partial charge in [-0.25, -0.2) is 9.79 Å². The zero-order valence-corrected chi connectivity index (χ0v) is 16.6. The summed E-state index contributed by atoms with van der Waals surface area (Å²) < 4.78 is 6.20. The maximum absolute atomic E-state index is 12.4. The topological polar surface area (TPSA) is 41.9 Å². The smallest absolute Gasteiger partial charge is 0.338 e. The molecular formula is C20H23BrN2O2. The minimum atomic E-state index is -0.333. The van der Waals surface area contributed by atoms with Crippen molar-refractivity contribution in [3.8, 4) is 0 Å². The van der Waals surface area contributed by atoms with Crippen molar-refractivity contribution in [2.24, 2.45) is 4.99 Å². The number of rotatable bonds is 6. The van der Waals surface area contributed by atoms with Crippen molar-refractivity contribution in [3.63, 3.8) is 0 Å². The fourth-order valence-electron chi connectivity index (χ4n) is 2.14. The summed E-state index contributed by atoms with van der Waals surface area (Å²) in [5.41, 5.74) is 4.32. The number of aryl methyl sites for hydroxylation is 2. The van der Waals surface area contributed by atoms with Crippen LogP contribution in [0.15, 0.2) is 45.9 Å². The number of hydrogen-bond acceptors (Lipinski definition) is 3. The van der Waals surface area contributed by atoms with Crippen LogP contribution in [0.4, 0.5) is 5.69 Å². The third-order valence-corrected chi connectivity index (χ3v) is 4.53. The SMILES string of the molecule is CCN(C)/C=N/c1cc(C)c(C(=O)OCc2ccc(C)cc2)cc1Br. The fraction of sp³-hybridized carbons (Fsp3) is 0.300. The summed E-state index contributed by atoms with van der Waals surface area (Å²) in [5, 5.41) is 0. The van der Waals surface area contributed by atoms with Crippen LogP contribution in [0.3, 0.4) is 0 Å². The molecule has 0 aliphatic heterocycles. The summed E-state index contributed by atoms with van der Waals surface area (Å²) >= 11 is 3.49. The number of benzene rings is 2. The molecule has 0 amide bonds. The van der Waals surface area contributed by atoms with Crippen molar-refractivity contribution in [3.05, 3.63) is 63.1 Å². The molecule has 0 saturated carbocycles. The molecule has 2 rings (SSSR count). The van der Waals surface area contributed by atoms with E-state index in [0.29, 0.717) is 5.56 Å². The highest BCUT2D eigenvalue weighted by Crippen LogP contribution is 2.29. The molecule has 0 bridgehead atoms. The second-order valence-corrected chi connectivity index (χ2v) is 6.85. The third-order valence-electron chi connectivity index (χ3n) is 3.90. The number of halogens is 1. The van der Waals surface area contributed by atoms with Crippen molar-refractivity contribution in [1.29, 1.82) is 0 Å². The van der Waals surface area contributed by atoms with E-state index in [0.717, 1.165) is 27.8 Å². The molecule has 0 spiro atoms. The van der Waals surface area contributed by atoms with Gasteiger partial charge in [-0.1, -0.05) is 29.8 Å². The number of esters is 1. The van der Waals surface area contributed by atoms with E-state index in [4.69, 9.17) is 4.74 Å². The van der Waals surface area contributed by atoms with Gasteiger partial charge in [0, 0.05) is 18.1 Å². The highest BCUT2D eigenvalue weighted by atomic mass is 79.9. The zero-order valence-electron chi connectivity index (χ0n) is 15.0. The van der Waals surface area contributed by atoms with Gasteiger partial charge in [0.2, 0.25) is 0 Å². The van der Waals surface area contributed by atoms with Crippen LogP contribution in [0, 0.1) is 13.8 Å². The van der Waals surface area contributed by atoms with E-state index in [1.807, 2.05) is 56.1 Å². The van der Waals surface area contributed by atoms with Crippen molar-refractivity contribution >= 4 is 33.9 Å². The first-order valence-corrected chi connectivity index (χ1v) is 8.97. The van der Waals surface area contributed by atoms with Crippen LogP contribution in [0.2, 0.25) is 0 Å². The first kappa shape index (κ1) is 19.2. The molecule has 0 radical (unpaired) electrons. The Hall–Kier alpha value is -2.14. The van der Waals surface area contributed by atoms with Crippen molar-refractivity contribution in [1.82, 2.24) is 4.90 Å². The van der Waals surface area contributed by atoms with E-state index in [1.54, 1.807) is 12.4 Å². The summed E-state index contributed by atoms with van der Waals surface area (Å²) in [6.07, 6.45) is 1.77. The molecule has 0 saturated heterocycles. The van der Waals surface area contributed by atoms with E-state index >= 15 is 0 Å². The van der Waals surface area contributed by atoms with Crippen molar-refractivity contribution in [2.45, 2.75) is 27.4 Å². The normalized spacial score (nSPS) is 10.9. The Morgan fingerprint density at radius 3 is 2.56 bits per heavy atom. The number of carbonyl (C=O) groups excluding carboxylic acids is 1. The second-order valence-electron chi connectivity index (χ2n) is 6.00. The van der Waals surface area contributed by atoms with Gasteiger partial charge in [-0.3, -0.25) is 0 Å². The summed E-state index contributed by atoms with van der Waals surface area (Å²) in [4.78, 5) is 18.8. The molecule has 5 heteroatoms. The maximum atomic E-state index is 12.4. The lowest BCUT2D eigenvalue weighted by Crippen LogP contribution is -2.14. The Morgan fingerprint density at radius 2 is 1.92 bits per heavy atom. The molecular weight excluding hydrogens is 380 g/mol. The summed E-state index contributed by atoms with van der Waals surface area (Å²) in [6.45, 7) is 7.11. The molecule has 0 aliphatic rings. The Morgan fingerprint density at radius 1 is 1.24 bits per heavy atom. The molecule has 0 fully saturated rings. The van der Waals surface area contributed by atoms with Crippen LogP contribution < -0.4 is 0 Å². The van der Waals surface area contributed by atoms with Gasteiger partial charge in [0.25, 0.3) is 0 Å². The first-order valence-electron chi connectivity index (χ1n) is 8.18. The Bertz CT molecular complexity index is 770. The van der Waals surface area contributed by atoms with Gasteiger partial charge in [-0.2, -0.15) is 0 Å². The first-order chi connectivity index (χ1) is 11.9. The second kappa shape index (κ2) is 8.81. The largest absolute Gasteiger partial charge is 0.457 e. The standard InChI is InChI=1S/C20H23BrN2O2/c1-5-23(4)13-22-19-10-15(3)17(11-18(19)21)20(24)25-12-16-8-6-14(2)7-9-16/h6-11,13H,5,12H2,1-4H3/b22-13+. The van der Waals surface area contributed by atoms with Gasteiger partial charge < -0.3 is 9.64 Å². The number of hydrogen-bond donors (Lipinski definition) is 0. The molecule has 132 valence electrons. The molecule has 0 unspecified atom stereocenters. The molecule has 25 heavy (non-hydrogen) atoms. The zero-order chi connectivity index (χ0) is 18.4. The minimum Gasteiger partial charge on any atom is -0.457 e. The quantitative estimate of drug-likeness (QED) is 0.386. The van der Waals surface area contributed by atoms with Gasteiger partial charge >= 0.3 is 5.97 Å². The average molecular weight is 403 g/mol. The molecule has 0 N–H and O–H groups in total. The number of carbonyl (C=O) groups is 1. The van der Waals surface area contributed by atoms with E-state index in [-0.39, 0.29) is 12.6 Å². The lowest BCUT2D eigenvalue weighted by Gasteiger charge is -2.11. The summed E-state index contributed by atoms with van der Waals surface area (Å²) in [7, 11) is 1.96. The monoisotopic (exact) mass is 402 g/mol. The molecule has 4 nitrogen and oxygen atoms in total. The van der Waals surface area contributed by atoms with E-state index in [1.165, 1.54) is 5.56 Å². The van der Waals surface area contributed by atoms with Crippen molar-refractivity contribution < 1.29 is 9.53 Å². The van der Waals surface area contributed by atoms with E-state index in [9.17, 15) is 4.79 Å². The van der Waals surface area contributed by atoms with Gasteiger partial charge in [-0.15, -0.1) is 0 Å². The third kappa shape index (κ3) is 5.43. The molecule has 0 atom stereocenters. The highest BCUT2D eigenvalue weighted by molar-refractivity contribution is 9.10.